The molecule has 1 aliphatic heterocycles. The highest BCUT2D eigenvalue weighted by molar-refractivity contribution is 5.75. The van der Waals surface area contributed by atoms with Crippen molar-refractivity contribution in [3.63, 3.8) is 0 Å². The van der Waals surface area contributed by atoms with E-state index in [2.05, 4.69) is 17.6 Å². The zero-order chi connectivity index (χ0) is 14.8. The van der Waals surface area contributed by atoms with Gasteiger partial charge in [-0.05, 0) is 32.1 Å². The Morgan fingerprint density at radius 2 is 2.15 bits per heavy atom. The van der Waals surface area contributed by atoms with E-state index in [0.717, 1.165) is 45.6 Å². The summed E-state index contributed by atoms with van der Waals surface area (Å²) in [6.45, 7) is 8.00. The maximum absolute atomic E-state index is 11.8. The van der Waals surface area contributed by atoms with Gasteiger partial charge in [0, 0.05) is 38.8 Å². The predicted molar refractivity (Wildman–Crippen MR) is 79.8 cm³/mol. The first-order valence-electron chi connectivity index (χ1n) is 7.69. The van der Waals surface area contributed by atoms with Crippen molar-refractivity contribution >= 4 is 5.91 Å². The van der Waals surface area contributed by atoms with Gasteiger partial charge in [-0.15, -0.1) is 0 Å². The van der Waals surface area contributed by atoms with Crippen molar-refractivity contribution in [1.82, 2.24) is 15.6 Å². The van der Waals surface area contributed by atoms with Crippen molar-refractivity contribution in [2.75, 3.05) is 33.0 Å². The molecule has 0 aromatic rings. The first-order chi connectivity index (χ1) is 9.61. The van der Waals surface area contributed by atoms with Crippen LogP contribution in [0.1, 0.15) is 39.5 Å². The number of hydrazine groups is 1. The van der Waals surface area contributed by atoms with Crippen LogP contribution in [0.3, 0.4) is 0 Å². The van der Waals surface area contributed by atoms with E-state index in [1.807, 2.05) is 6.92 Å². The topological polar surface area (TPSA) is 79.6 Å². The van der Waals surface area contributed by atoms with Gasteiger partial charge >= 0.3 is 0 Å². The van der Waals surface area contributed by atoms with E-state index >= 15 is 0 Å². The summed E-state index contributed by atoms with van der Waals surface area (Å²) >= 11 is 0. The lowest BCUT2D eigenvalue weighted by atomic mass is 10.0. The van der Waals surface area contributed by atoms with Crippen molar-refractivity contribution in [3.05, 3.63) is 0 Å². The fourth-order valence-corrected chi connectivity index (χ4v) is 2.13. The van der Waals surface area contributed by atoms with Crippen LogP contribution in [0, 0.1) is 5.92 Å². The molecule has 1 amide bonds. The van der Waals surface area contributed by atoms with Gasteiger partial charge in [0.1, 0.15) is 0 Å². The third-order valence-corrected chi connectivity index (χ3v) is 3.78. The zero-order valence-electron chi connectivity index (χ0n) is 12.9. The lowest BCUT2D eigenvalue weighted by Crippen LogP contribution is -2.43. The normalized spacial score (nSPS) is 18.2. The number of nitrogens with one attached hydrogen (secondary N) is 2. The monoisotopic (exact) mass is 286 g/mol. The van der Waals surface area contributed by atoms with E-state index in [1.54, 1.807) is 5.01 Å². The first kappa shape index (κ1) is 17.4. The summed E-state index contributed by atoms with van der Waals surface area (Å²) in [4.78, 5) is 11.8. The third-order valence-electron chi connectivity index (χ3n) is 3.78. The van der Waals surface area contributed by atoms with Gasteiger partial charge in [0.2, 0.25) is 5.91 Å². The second-order valence-corrected chi connectivity index (χ2v) is 5.57. The van der Waals surface area contributed by atoms with Gasteiger partial charge in [-0.25, -0.2) is 5.01 Å². The molecule has 1 fully saturated rings. The van der Waals surface area contributed by atoms with Gasteiger partial charge in [0.25, 0.3) is 0 Å². The summed E-state index contributed by atoms with van der Waals surface area (Å²) < 4.78 is 5.31. The Morgan fingerprint density at radius 1 is 1.45 bits per heavy atom. The maximum atomic E-state index is 11.8. The summed E-state index contributed by atoms with van der Waals surface area (Å²) in [6.07, 6.45) is 3.51. The van der Waals surface area contributed by atoms with Gasteiger partial charge in [-0.2, -0.15) is 0 Å². The van der Waals surface area contributed by atoms with Crippen LogP contribution in [-0.2, 0) is 9.53 Å². The van der Waals surface area contributed by atoms with Crippen molar-refractivity contribution in [2.24, 2.45) is 11.8 Å². The number of hydrogen-bond donors (Lipinski definition) is 3. The van der Waals surface area contributed by atoms with Crippen LogP contribution >= 0.6 is 0 Å². The number of nitrogens with zero attached hydrogens (tertiary/aromatic N) is 1. The average Bonchev–Trinajstić information content (AvgIpc) is 2.49. The molecule has 0 spiro atoms. The zero-order valence-corrected chi connectivity index (χ0v) is 12.9. The van der Waals surface area contributed by atoms with Gasteiger partial charge in [-0.1, -0.05) is 6.92 Å². The number of nitrogens with two attached hydrogens (primary N) is 1. The van der Waals surface area contributed by atoms with Crippen LogP contribution in [0.2, 0.25) is 0 Å². The van der Waals surface area contributed by atoms with Crippen LogP contribution in [0.5, 0.6) is 0 Å². The highest BCUT2D eigenvalue weighted by Crippen LogP contribution is 2.13. The molecule has 1 unspecified atom stereocenters. The Balaban J connectivity index is 2.03. The standard InChI is InChI=1S/C14H30N4O2/c1-3-18(15)11-17-12(2)4-5-14(19)16-10-13-6-8-20-9-7-13/h12-13,17H,3-11,15H2,1-2H3,(H,16,19). The summed E-state index contributed by atoms with van der Waals surface area (Å²) in [6, 6.07) is 0.293. The van der Waals surface area contributed by atoms with Crippen molar-refractivity contribution in [2.45, 2.75) is 45.6 Å². The van der Waals surface area contributed by atoms with Crippen LogP contribution in [0.4, 0.5) is 0 Å². The Morgan fingerprint density at radius 3 is 2.80 bits per heavy atom. The van der Waals surface area contributed by atoms with Gasteiger partial charge < -0.3 is 15.4 Å². The fourth-order valence-electron chi connectivity index (χ4n) is 2.13. The minimum absolute atomic E-state index is 0.144. The molecule has 6 heteroatoms. The van der Waals surface area contributed by atoms with E-state index in [1.165, 1.54) is 0 Å². The molecule has 1 saturated heterocycles. The highest BCUT2D eigenvalue weighted by Gasteiger charge is 2.14. The van der Waals surface area contributed by atoms with Crippen molar-refractivity contribution in [1.29, 1.82) is 0 Å². The molecular weight excluding hydrogens is 256 g/mol. The third kappa shape index (κ3) is 7.79. The Bertz CT molecular complexity index is 270. The van der Waals surface area contributed by atoms with E-state index < -0.39 is 0 Å². The molecule has 1 atom stereocenters. The largest absolute Gasteiger partial charge is 0.381 e. The summed E-state index contributed by atoms with van der Waals surface area (Å²) in [7, 11) is 0. The van der Waals surface area contributed by atoms with Crippen molar-refractivity contribution < 1.29 is 9.53 Å². The summed E-state index contributed by atoms with van der Waals surface area (Å²) in [5.41, 5.74) is 0. The van der Waals surface area contributed by atoms with Crippen LogP contribution in [0.25, 0.3) is 0 Å². The Kier molecular flexibility index (Phi) is 8.77. The Hall–Kier alpha value is -0.690. The number of hydrogen-bond acceptors (Lipinski definition) is 5. The summed E-state index contributed by atoms with van der Waals surface area (Å²) in [5.74, 6) is 6.41. The van der Waals surface area contributed by atoms with Gasteiger partial charge in [0.15, 0.2) is 0 Å². The first-order valence-corrected chi connectivity index (χ1v) is 7.69. The molecule has 0 aromatic heterocycles. The molecule has 0 bridgehead atoms. The maximum Gasteiger partial charge on any atom is 0.220 e. The lowest BCUT2D eigenvalue weighted by molar-refractivity contribution is -0.121. The molecule has 118 valence electrons. The van der Waals surface area contributed by atoms with E-state index in [0.29, 0.717) is 25.0 Å². The molecule has 0 aromatic carbocycles. The average molecular weight is 286 g/mol. The molecule has 6 nitrogen and oxygen atoms in total. The molecule has 0 saturated carbocycles. The van der Waals surface area contributed by atoms with Crippen molar-refractivity contribution in [3.8, 4) is 0 Å². The number of carbonyl (C=O) groups is 1. The van der Waals surface area contributed by atoms with Gasteiger partial charge in [0.05, 0.1) is 6.67 Å². The highest BCUT2D eigenvalue weighted by atomic mass is 16.5. The molecule has 1 heterocycles. The fraction of sp³-hybridized carbons (Fsp3) is 0.929. The molecule has 1 rings (SSSR count). The molecule has 1 aliphatic rings. The molecule has 0 radical (unpaired) electrons. The van der Waals surface area contributed by atoms with Gasteiger partial charge in [-0.3, -0.25) is 10.6 Å². The van der Waals surface area contributed by atoms with E-state index in [9.17, 15) is 4.79 Å². The molecular formula is C14H30N4O2. The van der Waals surface area contributed by atoms with Crippen LogP contribution < -0.4 is 16.5 Å². The number of rotatable bonds is 9. The molecule has 20 heavy (non-hydrogen) atoms. The number of amides is 1. The Labute approximate surface area is 122 Å². The molecule has 0 aliphatic carbocycles. The SMILES string of the molecule is CCN(N)CNC(C)CCC(=O)NCC1CCOCC1. The van der Waals surface area contributed by atoms with E-state index in [4.69, 9.17) is 10.6 Å². The summed E-state index contributed by atoms with van der Waals surface area (Å²) in [5, 5.41) is 8.03. The minimum atomic E-state index is 0.144. The number of carbonyl (C=O) groups excluding carboxylic acids is 1. The quantitative estimate of drug-likeness (QED) is 0.326. The lowest BCUT2D eigenvalue weighted by Gasteiger charge is -2.22. The van der Waals surface area contributed by atoms with Crippen LogP contribution in [-0.4, -0.2) is 49.9 Å². The second kappa shape index (κ2) is 10.1. The van der Waals surface area contributed by atoms with Crippen LogP contribution in [0.15, 0.2) is 0 Å². The number of ether oxygens (including phenoxy) is 1. The minimum Gasteiger partial charge on any atom is -0.381 e. The smallest absolute Gasteiger partial charge is 0.220 e. The molecule has 4 N–H and O–H groups in total. The second-order valence-electron chi connectivity index (χ2n) is 5.57. The van der Waals surface area contributed by atoms with E-state index in [-0.39, 0.29) is 5.91 Å². The predicted octanol–water partition coefficient (Wildman–Crippen LogP) is 0.441.